The Morgan fingerprint density at radius 2 is 2.33 bits per heavy atom. The van der Waals surface area contributed by atoms with Crippen molar-refractivity contribution in [2.75, 3.05) is 32.1 Å². The van der Waals surface area contributed by atoms with E-state index in [1.54, 1.807) is 24.3 Å². The van der Waals surface area contributed by atoms with E-state index in [0.717, 1.165) is 0 Å². The predicted octanol–water partition coefficient (Wildman–Crippen LogP) is 0.875. The van der Waals surface area contributed by atoms with Gasteiger partial charge in [0.05, 0.1) is 19.3 Å². The van der Waals surface area contributed by atoms with Gasteiger partial charge in [-0.2, -0.15) is 0 Å². The van der Waals surface area contributed by atoms with Gasteiger partial charge in [0.25, 0.3) is 0 Å². The van der Waals surface area contributed by atoms with Gasteiger partial charge in [-0.25, -0.2) is 0 Å². The highest BCUT2D eigenvalue weighted by Crippen LogP contribution is 2.14. The first-order chi connectivity index (χ1) is 8.61. The van der Waals surface area contributed by atoms with Crippen molar-refractivity contribution in [3.05, 3.63) is 29.3 Å². The zero-order valence-electron chi connectivity index (χ0n) is 10.1. The van der Waals surface area contributed by atoms with Crippen LogP contribution in [0, 0.1) is 0 Å². The first-order valence-corrected chi connectivity index (χ1v) is 5.92. The quantitative estimate of drug-likeness (QED) is 0.689. The molecule has 0 radical (unpaired) electrons. The number of carbonyl (C=O) groups is 1. The van der Waals surface area contributed by atoms with Gasteiger partial charge >= 0.3 is 0 Å². The number of halogens is 1. The van der Waals surface area contributed by atoms with E-state index < -0.39 is 6.10 Å². The number of aliphatic hydroxyl groups is 1. The fourth-order valence-corrected chi connectivity index (χ4v) is 1.57. The summed E-state index contributed by atoms with van der Waals surface area (Å²) in [6.45, 7) is 0.660. The number of hydrogen-bond acceptors (Lipinski definition) is 4. The van der Waals surface area contributed by atoms with Crippen LogP contribution in [0.2, 0.25) is 5.02 Å². The van der Waals surface area contributed by atoms with Crippen molar-refractivity contribution in [2.24, 2.45) is 0 Å². The summed E-state index contributed by atoms with van der Waals surface area (Å²) in [6, 6.07) is 6.91. The van der Waals surface area contributed by atoms with Gasteiger partial charge in [0, 0.05) is 24.4 Å². The predicted molar refractivity (Wildman–Crippen MR) is 70.8 cm³/mol. The van der Waals surface area contributed by atoms with Crippen LogP contribution >= 0.6 is 11.6 Å². The second kappa shape index (κ2) is 8.05. The van der Waals surface area contributed by atoms with Gasteiger partial charge in [-0.05, 0) is 18.2 Å². The average Bonchev–Trinajstić information content (AvgIpc) is 2.29. The smallest absolute Gasteiger partial charge is 0.238 e. The summed E-state index contributed by atoms with van der Waals surface area (Å²) < 4.78 is 4.76. The third kappa shape index (κ3) is 5.97. The lowest BCUT2D eigenvalue weighted by atomic mass is 10.3. The van der Waals surface area contributed by atoms with Crippen LogP contribution in [-0.2, 0) is 9.53 Å². The summed E-state index contributed by atoms with van der Waals surface area (Å²) in [7, 11) is 1.51. The Kier molecular flexibility index (Phi) is 6.67. The van der Waals surface area contributed by atoms with E-state index in [9.17, 15) is 9.90 Å². The third-order valence-electron chi connectivity index (χ3n) is 2.13. The minimum atomic E-state index is -0.617. The lowest BCUT2D eigenvalue weighted by molar-refractivity contribution is -0.115. The largest absolute Gasteiger partial charge is 0.389 e. The van der Waals surface area contributed by atoms with Crippen molar-refractivity contribution in [3.63, 3.8) is 0 Å². The molecule has 6 heteroatoms. The Labute approximate surface area is 111 Å². The Morgan fingerprint density at radius 3 is 3.00 bits per heavy atom. The van der Waals surface area contributed by atoms with E-state index in [1.807, 2.05) is 0 Å². The second-order valence-corrected chi connectivity index (χ2v) is 4.24. The molecular weight excluding hydrogens is 256 g/mol. The van der Waals surface area contributed by atoms with Crippen LogP contribution in [0.15, 0.2) is 24.3 Å². The molecule has 0 aliphatic heterocycles. The molecule has 1 aromatic carbocycles. The molecule has 18 heavy (non-hydrogen) atoms. The molecule has 3 N–H and O–H groups in total. The molecule has 0 aliphatic carbocycles. The number of rotatable bonds is 7. The van der Waals surface area contributed by atoms with Gasteiger partial charge < -0.3 is 20.5 Å². The maximum Gasteiger partial charge on any atom is 0.238 e. The Morgan fingerprint density at radius 1 is 1.56 bits per heavy atom. The summed E-state index contributed by atoms with van der Waals surface area (Å²) in [5, 5.41) is 15.4. The molecule has 0 saturated carbocycles. The van der Waals surface area contributed by atoms with Gasteiger partial charge in [0.2, 0.25) is 5.91 Å². The van der Waals surface area contributed by atoms with Crippen LogP contribution in [0.5, 0.6) is 0 Å². The lowest BCUT2D eigenvalue weighted by Crippen LogP contribution is -2.35. The monoisotopic (exact) mass is 272 g/mol. The third-order valence-corrected chi connectivity index (χ3v) is 2.37. The first kappa shape index (κ1) is 14.9. The molecule has 1 atom stereocenters. The highest BCUT2D eigenvalue weighted by molar-refractivity contribution is 6.30. The molecule has 1 amide bonds. The van der Waals surface area contributed by atoms with Crippen LogP contribution in [-0.4, -0.2) is 43.9 Å². The Bertz CT molecular complexity index is 387. The number of carbonyl (C=O) groups excluding carboxylic acids is 1. The molecule has 5 nitrogen and oxygen atoms in total. The molecular formula is C12H17ClN2O3. The van der Waals surface area contributed by atoms with E-state index in [-0.39, 0.29) is 19.1 Å². The van der Waals surface area contributed by atoms with Crippen LogP contribution < -0.4 is 10.6 Å². The first-order valence-electron chi connectivity index (χ1n) is 5.55. The van der Waals surface area contributed by atoms with Crippen LogP contribution in [0.25, 0.3) is 0 Å². The normalized spacial score (nSPS) is 12.2. The molecule has 1 rings (SSSR count). The van der Waals surface area contributed by atoms with Gasteiger partial charge in [0.15, 0.2) is 0 Å². The molecule has 0 fully saturated rings. The fraction of sp³-hybridized carbons (Fsp3) is 0.417. The Balaban J connectivity index is 2.25. The number of hydrogen-bond donors (Lipinski definition) is 3. The van der Waals surface area contributed by atoms with Gasteiger partial charge in [-0.3, -0.25) is 4.79 Å². The minimum Gasteiger partial charge on any atom is -0.389 e. The van der Waals surface area contributed by atoms with E-state index in [2.05, 4.69) is 10.6 Å². The maximum absolute atomic E-state index is 11.5. The standard InChI is InChI=1S/C12H17ClN2O3/c1-18-8-11(16)6-14-7-12(17)15-10-4-2-3-9(13)5-10/h2-5,11,14,16H,6-8H2,1H3,(H,15,17). The highest BCUT2D eigenvalue weighted by atomic mass is 35.5. The zero-order valence-corrected chi connectivity index (χ0v) is 10.9. The molecule has 0 bridgehead atoms. The molecule has 0 saturated heterocycles. The molecule has 0 heterocycles. The van der Waals surface area contributed by atoms with E-state index >= 15 is 0 Å². The van der Waals surface area contributed by atoms with E-state index in [4.69, 9.17) is 16.3 Å². The number of ether oxygens (including phenoxy) is 1. The van der Waals surface area contributed by atoms with E-state index in [0.29, 0.717) is 17.3 Å². The van der Waals surface area contributed by atoms with Crippen molar-refractivity contribution in [3.8, 4) is 0 Å². The topological polar surface area (TPSA) is 70.6 Å². The summed E-state index contributed by atoms with van der Waals surface area (Å²) in [5.41, 5.74) is 0.645. The summed E-state index contributed by atoms with van der Waals surface area (Å²) in [4.78, 5) is 11.5. The summed E-state index contributed by atoms with van der Waals surface area (Å²) in [6.07, 6.45) is -0.617. The number of nitrogens with one attached hydrogen (secondary N) is 2. The lowest BCUT2D eigenvalue weighted by Gasteiger charge is -2.10. The number of anilines is 1. The van der Waals surface area contributed by atoms with Gasteiger partial charge in [0.1, 0.15) is 0 Å². The van der Waals surface area contributed by atoms with Crippen molar-refractivity contribution >= 4 is 23.2 Å². The second-order valence-electron chi connectivity index (χ2n) is 3.80. The summed E-state index contributed by atoms with van der Waals surface area (Å²) in [5.74, 6) is -0.193. The molecule has 100 valence electrons. The molecule has 0 spiro atoms. The number of aliphatic hydroxyl groups excluding tert-OH is 1. The van der Waals surface area contributed by atoms with Crippen molar-refractivity contribution in [1.82, 2.24) is 5.32 Å². The molecule has 0 aromatic heterocycles. The number of methoxy groups -OCH3 is 1. The van der Waals surface area contributed by atoms with Crippen LogP contribution in [0.4, 0.5) is 5.69 Å². The van der Waals surface area contributed by atoms with Crippen molar-refractivity contribution in [1.29, 1.82) is 0 Å². The van der Waals surface area contributed by atoms with Crippen molar-refractivity contribution in [2.45, 2.75) is 6.10 Å². The Hall–Kier alpha value is -1.14. The van der Waals surface area contributed by atoms with Gasteiger partial charge in [-0.15, -0.1) is 0 Å². The number of benzene rings is 1. The SMILES string of the molecule is COCC(O)CNCC(=O)Nc1cccc(Cl)c1. The minimum absolute atomic E-state index is 0.118. The maximum atomic E-state index is 11.5. The van der Waals surface area contributed by atoms with Crippen LogP contribution in [0.3, 0.4) is 0 Å². The van der Waals surface area contributed by atoms with Crippen LogP contribution in [0.1, 0.15) is 0 Å². The number of amides is 1. The molecule has 1 aromatic rings. The van der Waals surface area contributed by atoms with Crippen molar-refractivity contribution < 1.29 is 14.6 Å². The fourth-order valence-electron chi connectivity index (χ4n) is 1.38. The molecule has 0 aliphatic rings. The van der Waals surface area contributed by atoms with Gasteiger partial charge in [-0.1, -0.05) is 17.7 Å². The zero-order chi connectivity index (χ0) is 13.4. The highest BCUT2D eigenvalue weighted by Gasteiger charge is 2.05. The summed E-state index contributed by atoms with van der Waals surface area (Å²) >= 11 is 5.80. The average molecular weight is 273 g/mol. The van der Waals surface area contributed by atoms with E-state index in [1.165, 1.54) is 7.11 Å². The molecule has 1 unspecified atom stereocenters.